The van der Waals surface area contributed by atoms with Gasteiger partial charge in [0.1, 0.15) is 5.00 Å². The first-order chi connectivity index (χ1) is 12.3. The van der Waals surface area contributed by atoms with E-state index in [1.165, 1.54) is 19.9 Å². The minimum atomic E-state index is -3.44. The van der Waals surface area contributed by atoms with Gasteiger partial charge in [0.25, 0.3) is 16.1 Å². The summed E-state index contributed by atoms with van der Waals surface area (Å²) in [5.74, 6) is -0.841. The predicted molar refractivity (Wildman–Crippen MR) is 101 cm³/mol. The topological polar surface area (TPSA) is 116 Å². The predicted octanol–water partition coefficient (Wildman–Crippen LogP) is -0.0103. The van der Waals surface area contributed by atoms with Crippen LogP contribution in [0.5, 0.6) is 0 Å². The van der Waals surface area contributed by atoms with E-state index in [2.05, 4.69) is 5.32 Å². The molecule has 1 fully saturated rings. The molecule has 1 aliphatic heterocycles. The molecule has 2 rings (SSSR count). The molecule has 11 heteroatoms. The van der Waals surface area contributed by atoms with Gasteiger partial charge >= 0.3 is 0 Å². The summed E-state index contributed by atoms with van der Waals surface area (Å²) in [4.78, 5) is 25.4. The van der Waals surface area contributed by atoms with Crippen molar-refractivity contribution >= 4 is 38.4 Å². The first-order valence-electron chi connectivity index (χ1n) is 8.44. The van der Waals surface area contributed by atoms with Gasteiger partial charge in [-0.25, -0.2) is 0 Å². The maximum Gasteiger partial charge on any atom is 0.282 e. The highest BCUT2D eigenvalue weighted by Crippen LogP contribution is 2.22. The van der Waals surface area contributed by atoms with Crippen molar-refractivity contribution in [1.82, 2.24) is 13.5 Å². The van der Waals surface area contributed by atoms with Crippen molar-refractivity contribution in [2.45, 2.75) is 13.8 Å². The van der Waals surface area contributed by atoms with E-state index < -0.39 is 16.1 Å². The summed E-state index contributed by atoms with van der Waals surface area (Å²) in [5, 5.41) is 4.82. The van der Waals surface area contributed by atoms with E-state index in [-0.39, 0.29) is 12.5 Å². The summed E-state index contributed by atoms with van der Waals surface area (Å²) in [5.41, 5.74) is 5.55. The standard InChI is InChI=1S/C15H25N5O4S2/c1-3-19(4-2)26(23,24)20-8-6-18(7-9-20)11-13(21)17-15-12(14(16)22)5-10-25-15/h5,10H,3-4,6-9,11H2,1-2H3,(H2,16,22)(H,17,21). The Morgan fingerprint density at radius 1 is 1.23 bits per heavy atom. The molecule has 0 radical (unpaired) electrons. The van der Waals surface area contributed by atoms with Crippen LogP contribution in [0.2, 0.25) is 0 Å². The quantitative estimate of drug-likeness (QED) is 0.633. The van der Waals surface area contributed by atoms with Crippen molar-refractivity contribution in [3.63, 3.8) is 0 Å². The lowest BCUT2D eigenvalue weighted by Crippen LogP contribution is -2.54. The summed E-state index contributed by atoms with van der Waals surface area (Å²) in [6, 6.07) is 1.57. The minimum Gasteiger partial charge on any atom is -0.366 e. The number of rotatable bonds is 8. The maximum absolute atomic E-state index is 12.5. The van der Waals surface area contributed by atoms with Crippen LogP contribution in [-0.4, -0.2) is 79.6 Å². The molecule has 2 amide bonds. The molecular formula is C15H25N5O4S2. The van der Waals surface area contributed by atoms with Crippen LogP contribution in [0.15, 0.2) is 11.4 Å². The summed E-state index contributed by atoms with van der Waals surface area (Å²) in [6.07, 6.45) is 0. The van der Waals surface area contributed by atoms with Gasteiger partial charge in [-0.05, 0) is 11.4 Å². The van der Waals surface area contributed by atoms with E-state index >= 15 is 0 Å². The number of carbonyl (C=O) groups is 2. The molecule has 0 unspecified atom stereocenters. The van der Waals surface area contributed by atoms with Gasteiger partial charge in [-0.15, -0.1) is 11.3 Å². The Hall–Kier alpha value is -1.53. The highest BCUT2D eigenvalue weighted by atomic mass is 32.2. The first-order valence-corrected chi connectivity index (χ1v) is 10.7. The summed E-state index contributed by atoms with van der Waals surface area (Å²) >= 11 is 1.24. The van der Waals surface area contributed by atoms with Crippen molar-refractivity contribution in [3.8, 4) is 0 Å². The monoisotopic (exact) mass is 403 g/mol. The molecule has 146 valence electrons. The molecule has 2 heterocycles. The molecule has 0 atom stereocenters. The molecule has 0 aromatic carbocycles. The highest BCUT2D eigenvalue weighted by molar-refractivity contribution is 7.86. The van der Waals surface area contributed by atoms with E-state index in [0.717, 1.165) is 0 Å². The average molecular weight is 404 g/mol. The number of nitrogens with two attached hydrogens (primary N) is 1. The second kappa shape index (κ2) is 8.91. The van der Waals surface area contributed by atoms with Crippen molar-refractivity contribution < 1.29 is 18.0 Å². The fraction of sp³-hybridized carbons (Fsp3) is 0.600. The Kier molecular flexibility index (Phi) is 7.12. The largest absolute Gasteiger partial charge is 0.366 e. The van der Waals surface area contributed by atoms with E-state index in [1.807, 2.05) is 18.7 Å². The molecule has 0 saturated carbocycles. The van der Waals surface area contributed by atoms with Gasteiger partial charge in [-0.2, -0.15) is 17.0 Å². The smallest absolute Gasteiger partial charge is 0.282 e. The molecule has 1 aromatic heterocycles. The lowest BCUT2D eigenvalue weighted by Gasteiger charge is -2.35. The van der Waals surface area contributed by atoms with Gasteiger partial charge in [-0.1, -0.05) is 13.8 Å². The van der Waals surface area contributed by atoms with E-state index in [4.69, 9.17) is 5.73 Å². The van der Waals surface area contributed by atoms with Crippen molar-refractivity contribution in [2.75, 3.05) is 51.1 Å². The first kappa shape index (κ1) is 20.8. The molecule has 0 bridgehead atoms. The van der Waals surface area contributed by atoms with Crippen LogP contribution in [0.25, 0.3) is 0 Å². The molecular weight excluding hydrogens is 378 g/mol. The van der Waals surface area contributed by atoms with Crippen molar-refractivity contribution in [3.05, 3.63) is 17.0 Å². The minimum absolute atomic E-state index is 0.134. The Balaban J connectivity index is 1.87. The lowest BCUT2D eigenvalue weighted by molar-refractivity contribution is -0.117. The Morgan fingerprint density at radius 3 is 2.38 bits per heavy atom. The van der Waals surface area contributed by atoms with Gasteiger partial charge < -0.3 is 11.1 Å². The maximum atomic E-state index is 12.5. The van der Waals surface area contributed by atoms with Crippen LogP contribution < -0.4 is 11.1 Å². The second-order valence-electron chi connectivity index (χ2n) is 5.84. The summed E-state index contributed by atoms with van der Waals surface area (Å²) < 4.78 is 27.9. The Morgan fingerprint density at radius 2 is 1.85 bits per heavy atom. The van der Waals surface area contributed by atoms with Gasteiger partial charge in [0, 0.05) is 39.3 Å². The van der Waals surface area contributed by atoms with Crippen LogP contribution in [0.4, 0.5) is 5.00 Å². The number of hydrogen-bond donors (Lipinski definition) is 2. The second-order valence-corrected chi connectivity index (χ2v) is 8.69. The van der Waals surface area contributed by atoms with Crippen LogP contribution >= 0.6 is 11.3 Å². The number of piperazine rings is 1. The van der Waals surface area contributed by atoms with Crippen LogP contribution in [-0.2, 0) is 15.0 Å². The lowest BCUT2D eigenvalue weighted by atomic mass is 10.3. The highest BCUT2D eigenvalue weighted by Gasteiger charge is 2.31. The van der Waals surface area contributed by atoms with Crippen LogP contribution in [0, 0.1) is 0 Å². The van der Waals surface area contributed by atoms with Crippen molar-refractivity contribution in [1.29, 1.82) is 0 Å². The molecule has 0 aliphatic carbocycles. The third-order valence-corrected chi connectivity index (χ3v) is 7.26. The fourth-order valence-corrected chi connectivity index (χ4v) is 5.21. The third-order valence-electron chi connectivity index (χ3n) is 4.24. The molecule has 1 aromatic rings. The average Bonchev–Trinajstić information content (AvgIpc) is 3.04. The zero-order valence-corrected chi connectivity index (χ0v) is 16.6. The van der Waals surface area contributed by atoms with Gasteiger partial charge in [0.05, 0.1) is 12.1 Å². The number of amides is 2. The number of nitrogens with zero attached hydrogens (tertiary/aromatic N) is 3. The summed E-state index contributed by atoms with van der Waals surface area (Å²) in [7, 11) is -3.44. The van der Waals surface area contributed by atoms with E-state index in [1.54, 1.807) is 11.4 Å². The molecule has 1 saturated heterocycles. The van der Waals surface area contributed by atoms with Crippen LogP contribution in [0.3, 0.4) is 0 Å². The normalized spacial score (nSPS) is 16.7. The summed E-state index contributed by atoms with van der Waals surface area (Å²) in [6.45, 7) is 6.26. The van der Waals surface area contributed by atoms with Gasteiger partial charge in [-0.3, -0.25) is 14.5 Å². The number of anilines is 1. The van der Waals surface area contributed by atoms with Gasteiger partial charge in [0.2, 0.25) is 5.91 Å². The molecule has 9 nitrogen and oxygen atoms in total. The number of hydrogen-bond acceptors (Lipinski definition) is 6. The molecule has 3 N–H and O–H groups in total. The SMILES string of the molecule is CCN(CC)S(=O)(=O)N1CCN(CC(=O)Nc2sccc2C(N)=O)CC1. The molecule has 1 aliphatic rings. The Labute approximate surface area is 157 Å². The zero-order valence-electron chi connectivity index (χ0n) is 15.0. The van der Waals surface area contributed by atoms with E-state index in [9.17, 15) is 18.0 Å². The molecule has 0 spiro atoms. The molecule has 26 heavy (non-hydrogen) atoms. The number of carbonyl (C=O) groups excluding carboxylic acids is 2. The van der Waals surface area contributed by atoms with E-state index in [0.29, 0.717) is 49.8 Å². The number of thiophene rings is 1. The number of nitrogens with one attached hydrogen (secondary N) is 1. The van der Waals surface area contributed by atoms with Crippen LogP contribution in [0.1, 0.15) is 24.2 Å². The van der Waals surface area contributed by atoms with Gasteiger partial charge in [0.15, 0.2) is 0 Å². The fourth-order valence-electron chi connectivity index (χ4n) is 2.80. The van der Waals surface area contributed by atoms with Crippen molar-refractivity contribution in [2.24, 2.45) is 5.73 Å². The third kappa shape index (κ3) is 4.80. The zero-order chi connectivity index (χ0) is 19.3. The Bertz CT molecular complexity index is 737. The number of primary amides is 1.